The summed E-state index contributed by atoms with van der Waals surface area (Å²) in [6.45, 7) is 0.650. The van der Waals surface area contributed by atoms with Crippen molar-refractivity contribution in [2.24, 2.45) is 0 Å². The summed E-state index contributed by atoms with van der Waals surface area (Å²) in [4.78, 5) is 26.9. The molecule has 0 fully saturated rings. The molecule has 6 nitrogen and oxygen atoms in total. The van der Waals surface area contributed by atoms with Crippen molar-refractivity contribution in [3.05, 3.63) is 71.0 Å². The number of aryl methyl sites for hydroxylation is 1. The van der Waals surface area contributed by atoms with Crippen LogP contribution in [0.1, 0.15) is 32.2 Å². The number of amides is 2. The highest BCUT2D eigenvalue weighted by molar-refractivity contribution is 7.18. The fourth-order valence-electron chi connectivity index (χ4n) is 2.70. The molecule has 2 aromatic heterocycles. The summed E-state index contributed by atoms with van der Waals surface area (Å²) in [5, 5.41) is 3.35. The van der Waals surface area contributed by atoms with Crippen LogP contribution in [0.5, 0.6) is 5.75 Å². The lowest BCUT2D eigenvalue weighted by Crippen LogP contribution is -2.27. The van der Waals surface area contributed by atoms with Gasteiger partial charge in [0.05, 0.1) is 23.3 Å². The highest BCUT2D eigenvalue weighted by Crippen LogP contribution is 2.24. The summed E-state index contributed by atoms with van der Waals surface area (Å²) in [5.41, 5.74) is 1.21. The second kappa shape index (κ2) is 9.23. The molecule has 1 N–H and O–H groups in total. The molecule has 0 aliphatic carbocycles. The monoisotopic (exact) mass is 398 g/mol. The van der Waals surface area contributed by atoms with E-state index in [2.05, 4.69) is 5.32 Å². The molecule has 7 heteroatoms. The lowest BCUT2D eigenvalue weighted by Gasteiger charge is -2.16. The standard InChI is InChI=1S/C21H22N2O4S/c1-23(13-3-5-15-7-9-16(26-2)10-8-15)21(25)18-11-12-19(28-18)22-20(24)17-6-4-14-27-17/h4,6-12,14H,3,5,13H2,1-2H3,(H,22,24). The Morgan fingerprint density at radius 3 is 2.61 bits per heavy atom. The van der Waals surface area contributed by atoms with Crippen molar-refractivity contribution in [1.82, 2.24) is 4.90 Å². The molecule has 3 rings (SSSR count). The van der Waals surface area contributed by atoms with E-state index in [1.807, 2.05) is 24.3 Å². The molecule has 3 aromatic rings. The topological polar surface area (TPSA) is 71.8 Å². The van der Waals surface area contributed by atoms with Gasteiger partial charge in [0.25, 0.3) is 11.8 Å². The Labute approximate surface area is 167 Å². The van der Waals surface area contributed by atoms with E-state index in [1.165, 1.54) is 23.2 Å². The first kappa shape index (κ1) is 19.7. The molecule has 0 saturated heterocycles. The first-order chi connectivity index (χ1) is 13.6. The number of hydrogen-bond acceptors (Lipinski definition) is 5. The van der Waals surface area contributed by atoms with Crippen LogP contribution in [-0.4, -0.2) is 37.4 Å². The van der Waals surface area contributed by atoms with E-state index in [-0.39, 0.29) is 17.6 Å². The normalized spacial score (nSPS) is 10.5. The molecule has 0 bridgehead atoms. The van der Waals surface area contributed by atoms with Crippen LogP contribution < -0.4 is 10.1 Å². The zero-order valence-electron chi connectivity index (χ0n) is 15.8. The Morgan fingerprint density at radius 2 is 1.93 bits per heavy atom. The molecule has 146 valence electrons. The third kappa shape index (κ3) is 5.01. The number of benzene rings is 1. The average Bonchev–Trinajstić information content (AvgIpc) is 3.40. The number of furan rings is 1. The molecule has 0 atom stereocenters. The van der Waals surface area contributed by atoms with Crippen LogP contribution >= 0.6 is 11.3 Å². The van der Waals surface area contributed by atoms with E-state index in [4.69, 9.17) is 9.15 Å². The smallest absolute Gasteiger partial charge is 0.291 e. The Morgan fingerprint density at radius 1 is 1.14 bits per heavy atom. The highest BCUT2D eigenvalue weighted by atomic mass is 32.1. The Hall–Kier alpha value is -3.06. The summed E-state index contributed by atoms with van der Waals surface area (Å²) in [7, 11) is 3.44. The molecule has 0 spiro atoms. The number of carbonyl (C=O) groups is 2. The zero-order valence-corrected chi connectivity index (χ0v) is 16.6. The van der Waals surface area contributed by atoms with Gasteiger partial charge in [0.1, 0.15) is 5.75 Å². The molecular formula is C21H22N2O4S. The van der Waals surface area contributed by atoms with E-state index >= 15 is 0 Å². The number of rotatable bonds is 8. The van der Waals surface area contributed by atoms with E-state index in [0.717, 1.165) is 18.6 Å². The Bertz CT molecular complexity index is 916. The van der Waals surface area contributed by atoms with Gasteiger partial charge in [-0.15, -0.1) is 11.3 Å². The predicted molar refractivity (Wildman–Crippen MR) is 109 cm³/mol. The van der Waals surface area contributed by atoms with Gasteiger partial charge in [0, 0.05) is 13.6 Å². The third-order valence-corrected chi connectivity index (χ3v) is 5.25. The van der Waals surface area contributed by atoms with Gasteiger partial charge >= 0.3 is 0 Å². The number of hydrogen-bond donors (Lipinski definition) is 1. The van der Waals surface area contributed by atoms with Crippen LogP contribution in [0.2, 0.25) is 0 Å². The molecule has 28 heavy (non-hydrogen) atoms. The average molecular weight is 398 g/mol. The van der Waals surface area contributed by atoms with E-state index in [0.29, 0.717) is 16.4 Å². The molecule has 1 aromatic carbocycles. The lowest BCUT2D eigenvalue weighted by atomic mass is 10.1. The second-order valence-electron chi connectivity index (χ2n) is 6.27. The van der Waals surface area contributed by atoms with Gasteiger partial charge in [-0.25, -0.2) is 0 Å². The number of thiophene rings is 1. The van der Waals surface area contributed by atoms with Gasteiger partial charge in [0.15, 0.2) is 5.76 Å². The summed E-state index contributed by atoms with van der Waals surface area (Å²) in [6, 6.07) is 14.6. The van der Waals surface area contributed by atoms with Gasteiger partial charge in [0.2, 0.25) is 0 Å². The van der Waals surface area contributed by atoms with Gasteiger partial charge in [-0.3, -0.25) is 9.59 Å². The fraction of sp³-hybridized carbons (Fsp3) is 0.238. The van der Waals surface area contributed by atoms with Crippen LogP contribution in [0.4, 0.5) is 5.00 Å². The molecule has 0 aliphatic heterocycles. The van der Waals surface area contributed by atoms with E-state index in [1.54, 1.807) is 43.3 Å². The maximum atomic E-state index is 12.6. The van der Waals surface area contributed by atoms with Crippen molar-refractivity contribution in [2.45, 2.75) is 12.8 Å². The third-order valence-electron chi connectivity index (χ3n) is 4.26. The van der Waals surface area contributed by atoms with Crippen LogP contribution in [0.3, 0.4) is 0 Å². The van der Waals surface area contributed by atoms with Crippen molar-refractivity contribution in [3.8, 4) is 5.75 Å². The Balaban J connectivity index is 1.49. The van der Waals surface area contributed by atoms with Crippen LogP contribution in [0.25, 0.3) is 0 Å². The van der Waals surface area contributed by atoms with Crippen molar-refractivity contribution >= 4 is 28.2 Å². The summed E-state index contributed by atoms with van der Waals surface area (Å²) in [6.07, 6.45) is 3.19. The zero-order chi connectivity index (χ0) is 19.9. The SMILES string of the molecule is COc1ccc(CCCN(C)C(=O)c2ccc(NC(=O)c3ccco3)s2)cc1. The number of anilines is 1. The van der Waals surface area contributed by atoms with Crippen molar-refractivity contribution in [1.29, 1.82) is 0 Å². The van der Waals surface area contributed by atoms with Crippen molar-refractivity contribution in [3.63, 3.8) is 0 Å². The largest absolute Gasteiger partial charge is 0.497 e. The number of ether oxygens (including phenoxy) is 1. The van der Waals surface area contributed by atoms with E-state index < -0.39 is 0 Å². The molecule has 0 saturated carbocycles. The van der Waals surface area contributed by atoms with Crippen LogP contribution in [0.15, 0.2) is 59.2 Å². The minimum Gasteiger partial charge on any atom is -0.497 e. The van der Waals surface area contributed by atoms with Gasteiger partial charge in [-0.2, -0.15) is 0 Å². The molecule has 0 aliphatic rings. The lowest BCUT2D eigenvalue weighted by molar-refractivity contribution is 0.0798. The maximum Gasteiger partial charge on any atom is 0.291 e. The van der Waals surface area contributed by atoms with Gasteiger partial charge in [-0.05, 0) is 54.8 Å². The fourth-order valence-corrected chi connectivity index (χ4v) is 3.60. The summed E-state index contributed by atoms with van der Waals surface area (Å²) >= 11 is 1.25. The number of nitrogens with zero attached hydrogens (tertiary/aromatic N) is 1. The highest BCUT2D eigenvalue weighted by Gasteiger charge is 2.16. The maximum absolute atomic E-state index is 12.6. The van der Waals surface area contributed by atoms with Crippen molar-refractivity contribution < 1.29 is 18.7 Å². The quantitative estimate of drug-likeness (QED) is 0.614. The number of carbonyl (C=O) groups excluding carboxylic acids is 2. The molecular weight excluding hydrogens is 376 g/mol. The number of nitrogens with one attached hydrogen (secondary N) is 1. The molecule has 2 heterocycles. The second-order valence-corrected chi connectivity index (χ2v) is 7.36. The first-order valence-electron chi connectivity index (χ1n) is 8.90. The first-order valence-corrected chi connectivity index (χ1v) is 9.71. The number of methoxy groups -OCH3 is 1. The van der Waals surface area contributed by atoms with Crippen LogP contribution in [-0.2, 0) is 6.42 Å². The minimum atomic E-state index is -0.335. The summed E-state index contributed by atoms with van der Waals surface area (Å²) < 4.78 is 10.2. The van der Waals surface area contributed by atoms with Crippen LogP contribution in [0, 0.1) is 0 Å². The molecule has 2 amide bonds. The predicted octanol–water partition coefficient (Wildman–Crippen LogP) is 4.31. The summed E-state index contributed by atoms with van der Waals surface area (Å²) in [5.74, 6) is 0.678. The Kier molecular flexibility index (Phi) is 6.49. The van der Waals surface area contributed by atoms with Gasteiger partial charge < -0.3 is 19.4 Å². The van der Waals surface area contributed by atoms with Gasteiger partial charge in [-0.1, -0.05) is 12.1 Å². The molecule has 0 unspecified atom stereocenters. The molecule has 0 radical (unpaired) electrons. The van der Waals surface area contributed by atoms with E-state index in [9.17, 15) is 9.59 Å². The minimum absolute atomic E-state index is 0.0572. The van der Waals surface area contributed by atoms with Crippen molar-refractivity contribution in [2.75, 3.05) is 26.0 Å².